The van der Waals surface area contributed by atoms with Crippen LogP contribution in [0.5, 0.6) is 0 Å². The van der Waals surface area contributed by atoms with E-state index >= 15 is 0 Å². The van der Waals surface area contributed by atoms with E-state index in [1.807, 2.05) is 28.8 Å². The van der Waals surface area contributed by atoms with Crippen LogP contribution >= 0.6 is 0 Å². The van der Waals surface area contributed by atoms with E-state index in [-0.39, 0.29) is 24.4 Å². The lowest BCUT2D eigenvalue weighted by molar-refractivity contribution is -0.138. The summed E-state index contributed by atoms with van der Waals surface area (Å²) in [6.07, 6.45) is -1.47. The summed E-state index contributed by atoms with van der Waals surface area (Å²) < 4.78 is 45.7. The molecule has 7 nitrogen and oxygen atoms in total. The summed E-state index contributed by atoms with van der Waals surface area (Å²) in [6.45, 7) is 2.33. The average Bonchev–Trinajstić information content (AvgIpc) is 3.16. The van der Waals surface area contributed by atoms with Gasteiger partial charge in [-0.05, 0) is 17.7 Å². The maximum absolute atomic E-state index is 12.9. The van der Waals surface area contributed by atoms with Gasteiger partial charge in [0.2, 0.25) is 11.8 Å². The molecule has 1 saturated heterocycles. The number of nitrogens with zero attached hydrogens (tertiary/aromatic N) is 3. The van der Waals surface area contributed by atoms with Gasteiger partial charge in [0, 0.05) is 35.8 Å². The molecule has 1 aliphatic heterocycles. The molecule has 3 aromatic rings. The van der Waals surface area contributed by atoms with Crippen LogP contribution in [0.2, 0.25) is 0 Å². The van der Waals surface area contributed by atoms with Crippen LogP contribution in [-0.4, -0.2) is 53.8 Å². The molecular weight excluding hydrogens is 449 g/mol. The number of rotatable bonds is 6. The monoisotopic (exact) mass is 472 g/mol. The maximum atomic E-state index is 12.9. The third kappa shape index (κ3) is 5.63. The van der Waals surface area contributed by atoms with E-state index in [0.717, 1.165) is 23.0 Å². The van der Waals surface area contributed by atoms with Gasteiger partial charge in [0.05, 0.1) is 31.4 Å². The number of alkyl halides is 3. The van der Waals surface area contributed by atoms with Crippen molar-refractivity contribution in [3.05, 3.63) is 71.4 Å². The second kappa shape index (κ2) is 10.1. The lowest BCUT2D eigenvalue weighted by Gasteiger charge is -2.27. The number of para-hydroxylation sites is 1. The van der Waals surface area contributed by atoms with Crippen LogP contribution in [0.25, 0.3) is 10.9 Å². The minimum Gasteiger partial charge on any atom is -0.378 e. The normalized spacial score (nSPS) is 14.6. The Labute approximate surface area is 193 Å². The zero-order chi connectivity index (χ0) is 24.1. The zero-order valence-electron chi connectivity index (χ0n) is 18.2. The van der Waals surface area contributed by atoms with Gasteiger partial charge in [-0.2, -0.15) is 18.3 Å². The number of fused-ring (bicyclic) bond motifs is 1. The van der Waals surface area contributed by atoms with Crippen LogP contribution in [0.3, 0.4) is 0 Å². The third-order valence-electron chi connectivity index (χ3n) is 5.50. The van der Waals surface area contributed by atoms with Crippen molar-refractivity contribution < 1.29 is 27.5 Å². The number of aromatic nitrogens is 1. The Bertz CT molecular complexity index is 1210. The number of halogens is 3. The van der Waals surface area contributed by atoms with Gasteiger partial charge >= 0.3 is 6.18 Å². The number of hydrogen-bond donors (Lipinski definition) is 1. The third-order valence-corrected chi connectivity index (χ3v) is 5.50. The zero-order valence-corrected chi connectivity index (χ0v) is 18.2. The number of nitrogens with one attached hydrogen (secondary N) is 1. The number of carbonyl (C=O) groups excluding carboxylic acids is 2. The van der Waals surface area contributed by atoms with Crippen LogP contribution in [0.4, 0.5) is 13.2 Å². The molecule has 0 bridgehead atoms. The Balaban J connectivity index is 1.43. The van der Waals surface area contributed by atoms with E-state index in [4.69, 9.17) is 4.74 Å². The summed E-state index contributed by atoms with van der Waals surface area (Å²) in [5.74, 6) is -0.552. The highest BCUT2D eigenvalue weighted by Gasteiger charge is 2.30. The molecule has 0 aliphatic carbocycles. The minimum absolute atomic E-state index is 0.0121. The standard InChI is InChI=1S/C24H23F3N4O3/c25-24(26,27)19-5-3-4-17(12-19)13-22(32)29-28-14-18-15-31(21-7-2-1-6-20(18)21)16-23(33)30-8-10-34-11-9-30/h1-7,12,14-15H,8-11,13,16H2,(H,29,32)/b28-14-. The van der Waals surface area contributed by atoms with E-state index in [1.54, 1.807) is 11.1 Å². The molecule has 4 rings (SSSR count). The van der Waals surface area contributed by atoms with Gasteiger partial charge in [0.15, 0.2) is 0 Å². The van der Waals surface area contributed by atoms with Crippen molar-refractivity contribution in [2.75, 3.05) is 26.3 Å². The predicted octanol–water partition coefficient (Wildman–Crippen LogP) is 3.21. The number of amides is 2. The van der Waals surface area contributed by atoms with Crippen molar-refractivity contribution in [3.8, 4) is 0 Å². The van der Waals surface area contributed by atoms with Crippen molar-refractivity contribution >= 4 is 28.9 Å². The van der Waals surface area contributed by atoms with Crippen LogP contribution < -0.4 is 5.43 Å². The second-order valence-corrected chi connectivity index (χ2v) is 7.89. The first-order valence-electron chi connectivity index (χ1n) is 10.7. The fourth-order valence-electron chi connectivity index (χ4n) is 3.82. The number of ether oxygens (including phenoxy) is 1. The summed E-state index contributed by atoms with van der Waals surface area (Å²) in [6, 6.07) is 12.1. The molecule has 1 aliphatic rings. The van der Waals surface area contributed by atoms with Gasteiger partial charge in [0.25, 0.3) is 0 Å². The van der Waals surface area contributed by atoms with Crippen molar-refractivity contribution in [2.24, 2.45) is 5.10 Å². The Kier molecular flexibility index (Phi) is 6.97. The lowest BCUT2D eigenvalue weighted by Crippen LogP contribution is -2.42. The molecule has 0 atom stereocenters. The molecule has 0 unspecified atom stereocenters. The summed E-state index contributed by atoms with van der Waals surface area (Å²) in [5.41, 5.74) is 3.33. The molecule has 178 valence electrons. The van der Waals surface area contributed by atoms with Crippen LogP contribution in [0.15, 0.2) is 59.8 Å². The number of benzene rings is 2. The Morgan fingerprint density at radius 3 is 2.62 bits per heavy atom. The molecule has 1 N–H and O–H groups in total. The first-order valence-corrected chi connectivity index (χ1v) is 10.7. The topological polar surface area (TPSA) is 75.9 Å². The van der Waals surface area contributed by atoms with Gasteiger partial charge in [-0.1, -0.05) is 36.4 Å². The number of hydrazone groups is 1. The molecule has 1 aromatic heterocycles. The van der Waals surface area contributed by atoms with Crippen LogP contribution in [0.1, 0.15) is 16.7 Å². The van der Waals surface area contributed by atoms with E-state index in [2.05, 4.69) is 10.5 Å². The van der Waals surface area contributed by atoms with Crippen molar-refractivity contribution in [1.82, 2.24) is 14.9 Å². The van der Waals surface area contributed by atoms with E-state index in [0.29, 0.717) is 31.9 Å². The van der Waals surface area contributed by atoms with Gasteiger partial charge in [-0.3, -0.25) is 9.59 Å². The fourth-order valence-corrected chi connectivity index (χ4v) is 3.82. The molecular formula is C24H23F3N4O3. The lowest BCUT2D eigenvalue weighted by atomic mass is 10.1. The molecule has 1 fully saturated rings. The maximum Gasteiger partial charge on any atom is 0.416 e. The number of morpholine rings is 1. The van der Waals surface area contributed by atoms with E-state index in [1.165, 1.54) is 18.3 Å². The molecule has 2 aromatic carbocycles. The van der Waals surface area contributed by atoms with Gasteiger partial charge < -0.3 is 14.2 Å². The molecule has 0 spiro atoms. The molecule has 2 heterocycles. The van der Waals surface area contributed by atoms with Gasteiger partial charge in [0.1, 0.15) is 6.54 Å². The molecule has 10 heteroatoms. The smallest absolute Gasteiger partial charge is 0.378 e. The quantitative estimate of drug-likeness (QED) is 0.442. The summed E-state index contributed by atoms with van der Waals surface area (Å²) in [4.78, 5) is 26.6. The highest BCUT2D eigenvalue weighted by Crippen LogP contribution is 2.29. The van der Waals surface area contributed by atoms with E-state index in [9.17, 15) is 22.8 Å². The van der Waals surface area contributed by atoms with Gasteiger partial charge in [-0.25, -0.2) is 5.43 Å². The number of hydrogen-bond acceptors (Lipinski definition) is 4. The molecule has 0 radical (unpaired) electrons. The molecule has 2 amide bonds. The summed E-state index contributed by atoms with van der Waals surface area (Å²) >= 11 is 0. The molecule has 0 saturated carbocycles. The molecule has 34 heavy (non-hydrogen) atoms. The van der Waals surface area contributed by atoms with Crippen molar-refractivity contribution in [3.63, 3.8) is 0 Å². The first kappa shape index (κ1) is 23.5. The summed E-state index contributed by atoms with van der Waals surface area (Å²) in [5, 5.41) is 4.82. The Hall–Kier alpha value is -3.66. The average molecular weight is 472 g/mol. The van der Waals surface area contributed by atoms with E-state index < -0.39 is 17.6 Å². The largest absolute Gasteiger partial charge is 0.416 e. The highest BCUT2D eigenvalue weighted by molar-refractivity contribution is 6.00. The Morgan fingerprint density at radius 1 is 1.09 bits per heavy atom. The summed E-state index contributed by atoms with van der Waals surface area (Å²) in [7, 11) is 0. The fraction of sp³-hybridized carbons (Fsp3) is 0.292. The van der Waals surface area contributed by atoms with Crippen LogP contribution in [-0.2, 0) is 33.5 Å². The first-order chi connectivity index (χ1) is 16.3. The van der Waals surface area contributed by atoms with Crippen molar-refractivity contribution in [2.45, 2.75) is 19.1 Å². The Morgan fingerprint density at radius 2 is 1.85 bits per heavy atom. The van der Waals surface area contributed by atoms with Crippen molar-refractivity contribution in [1.29, 1.82) is 0 Å². The second-order valence-electron chi connectivity index (χ2n) is 7.89. The predicted molar refractivity (Wildman–Crippen MR) is 120 cm³/mol. The van der Waals surface area contributed by atoms with Gasteiger partial charge in [-0.15, -0.1) is 0 Å². The SMILES string of the molecule is O=C(Cc1cccc(C(F)(F)F)c1)N/N=C\c1cn(CC(=O)N2CCOCC2)c2ccccc12. The highest BCUT2D eigenvalue weighted by atomic mass is 19.4. The van der Waals surface area contributed by atoms with Crippen LogP contribution in [0, 0.1) is 0 Å². The minimum atomic E-state index is -4.47. The number of carbonyl (C=O) groups is 2.